The second kappa shape index (κ2) is 6.52. The van der Waals surface area contributed by atoms with Crippen LogP contribution in [-0.2, 0) is 10.2 Å². The summed E-state index contributed by atoms with van der Waals surface area (Å²) in [5.74, 6) is 0. The van der Waals surface area contributed by atoms with Gasteiger partial charge in [0, 0.05) is 19.6 Å². The van der Waals surface area contributed by atoms with Crippen LogP contribution >= 0.6 is 0 Å². The molecule has 19 heavy (non-hydrogen) atoms. The highest BCUT2D eigenvalue weighted by Gasteiger charge is 2.38. The van der Waals surface area contributed by atoms with Crippen LogP contribution in [0.2, 0.25) is 0 Å². The first-order chi connectivity index (χ1) is 9.03. The summed E-state index contributed by atoms with van der Waals surface area (Å²) in [6, 6.07) is -0.248. The van der Waals surface area contributed by atoms with Gasteiger partial charge in [-0.15, -0.1) is 0 Å². The van der Waals surface area contributed by atoms with E-state index in [1.54, 1.807) is 15.5 Å². The molecule has 6 heteroatoms. The molecule has 0 unspecified atom stereocenters. The topological polar surface area (TPSA) is 60.9 Å². The maximum absolute atomic E-state index is 12.7. The summed E-state index contributed by atoms with van der Waals surface area (Å²) in [5, 5.41) is 9.84. The van der Waals surface area contributed by atoms with Crippen molar-refractivity contribution in [2.75, 3.05) is 19.6 Å². The summed E-state index contributed by atoms with van der Waals surface area (Å²) in [5.41, 5.74) is 0. The summed E-state index contributed by atoms with van der Waals surface area (Å²) in [7, 11) is -3.40. The van der Waals surface area contributed by atoms with Gasteiger partial charge in [0.1, 0.15) is 0 Å². The Bertz CT molecular complexity index is 375. The molecule has 2 fully saturated rings. The van der Waals surface area contributed by atoms with Crippen LogP contribution in [0.5, 0.6) is 0 Å². The van der Waals surface area contributed by atoms with E-state index < -0.39 is 16.3 Å². The molecule has 2 rings (SSSR count). The van der Waals surface area contributed by atoms with E-state index in [9.17, 15) is 13.5 Å². The van der Waals surface area contributed by atoms with E-state index in [0.29, 0.717) is 19.6 Å². The van der Waals surface area contributed by atoms with Gasteiger partial charge >= 0.3 is 0 Å². The Morgan fingerprint density at radius 1 is 1.00 bits per heavy atom. The van der Waals surface area contributed by atoms with Crippen molar-refractivity contribution in [2.24, 2.45) is 0 Å². The molecule has 0 amide bonds. The Morgan fingerprint density at radius 3 is 2.16 bits per heavy atom. The Labute approximate surface area is 116 Å². The third kappa shape index (κ3) is 3.48. The summed E-state index contributed by atoms with van der Waals surface area (Å²) in [6.07, 6.45) is 6.21. The minimum absolute atomic E-state index is 0.248. The van der Waals surface area contributed by atoms with Crippen LogP contribution in [0.15, 0.2) is 0 Å². The Morgan fingerprint density at radius 2 is 1.58 bits per heavy atom. The normalized spacial score (nSPS) is 29.9. The van der Waals surface area contributed by atoms with Crippen LogP contribution in [0.1, 0.15) is 51.9 Å². The van der Waals surface area contributed by atoms with Gasteiger partial charge in [0.15, 0.2) is 0 Å². The van der Waals surface area contributed by atoms with Gasteiger partial charge in [0.2, 0.25) is 0 Å². The molecular formula is C13H26N2O3S. The molecule has 112 valence electrons. The lowest BCUT2D eigenvalue weighted by molar-refractivity contribution is 0.0792. The van der Waals surface area contributed by atoms with Gasteiger partial charge in [-0.1, -0.05) is 19.3 Å². The van der Waals surface area contributed by atoms with Gasteiger partial charge in [-0.2, -0.15) is 17.0 Å². The molecule has 0 radical (unpaired) electrons. The summed E-state index contributed by atoms with van der Waals surface area (Å²) in [4.78, 5) is 0. The lowest BCUT2D eigenvalue weighted by Gasteiger charge is -2.39. The smallest absolute Gasteiger partial charge is 0.282 e. The van der Waals surface area contributed by atoms with E-state index in [1.165, 1.54) is 0 Å². The molecule has 2 heterocycles. The number of aliphatic hydroxyl groups excluding tert-OH is 1. The Balaban J connectivity index is 2.15. The molecule has 2 saturated heterocycles. The van der Waals surface area contributed by atoms with Crippen LogP contribution in [0.3, 0.4) is 0 Å². The average molecular weight is 290 g/mol. The minimum Gasteiger partial charge on any atom is -0.392 e. The van der Waals surface area contributed by atoms with Crippen LogP contribution < -0.4 is 0 Å². The van der Waals surface area contributed by atoms with E-state index >= 15 is 0 Å². The first kappa shape index (κ1) is 15.2. The molecule has 2 aliphatic heterocycles. The maximum atomic E-state index is 12.7. The highest BCUT2D eigenvalue weighted by atomic mass is 32.2. The molecule has 1 N–H and O–H groups in total. The largest absolute Gasteiger partial charge is 0.392 e. The van der Waals surface area contributed by atoms with Crippen molar-refractivity contribution in [1.29, 1.82) is 0 Å². The third-order valence-corrected chi connectivity index (χ3v) is 6.31. The van der Waals surface area contributed by atoms with Crippen LogP contribution in [-0.4, -0.2) is 53.9 Å². The molecule has 2 atom stereocenters. The molecule has 0 aromatic rings. The van der Waals surface area contributed by atoms with Crippen molar-refractivity contribution in [3.05, 3.63) is 0 Å². The van der Waals surface area contributed by atoms with Crippen LogP contribution in [0.25, 0.3) is 0 Å². The second-order valence-electron chi connectivity index (χ2n) is 5.74. The fraction of sp³-hybridized carbons (Fsp3) is 1.00. The third-order valence-electron chi connectivity index (χ3n) is 4.24. The Hall–Kier alpha value is -0.170. The first-order valence-electron chi connectivity index (χ1n) is 7.48. The molecule has 0 aromatic heterocycles. The number of piperidine rings is 1. The highest BCUT2D eigenvalue weighted by molar-refractivity contribution is 7.86. The number of nitrogens with zero attached hydrogens (tertiary/aromatic N) is 2. The van der Waals surface area contributed by atoms with Crippen molar-refractivity contribution in [1.82, 2.24) is 8.61 Å². The predicted octanol–water partition coefficient (Wildman–Crippen LogP) is 1.34. The number of hydrogen-bond donors (Lipinski definition) is 1. The highest BCUT2D eigenvalue weighted by Crippen LogP contribution is 2.26. The zero-order valence-electron chi connectivity index (χ0n) is 11.8. The summed E-state index contributed by atoms with van der Waals surface area (Å²) in [6.45, 7) is 3.51. The van der Waals surface area contributed by atoms with E-state index in [-0.39, 0.29) is 6.04 Å². The fourth-order valence-corrected chi connectivity index (χ4v) is 5.12. The number of aliphatic hydroxyl groups is 1. The van der Waals surface area contributed by atoms with Crippen molar-refractivity contribution in [2.45, 2.75) is 64.0 Å². The SMILES string of the molecule is C[C@@H](O)[C@H]1CCCCN1S(=O)(=O)N1CCCCCC1. The number of hydrogen-bond acceptors (Lipinski definition) is 3. The fourth-order valence-electron chi connectivity index (χ4n) is 3.12. The van der Waals surface area contributed by atoms with Crippen molar-refractivity contribution in [3.8, 4) is 0 Å². The van der Waals surface area contributed by atoms with Gasteiger partial charge in [0.05, 0.1) is 12.1 Å². The summed E-state index contributed by atoms with van der Waals surface area (Å²) >= 11 is 0. The quantitative estimate of drug-likeness (QED) is 0.853. The van der Waals surface area contributed by atoms with E-state index in [4.69, 9.17) is 0 Å². The average Bonchev–Trinajstić information content (AvgIpc) is 2.68. The van der Waals surface area contributed by atoms with Crippen molar-refractivity contribution < 1.29 is 13.5 Å². The molecule has 5 nitrogen and oxygen atoms in total. The van der Waals surface area contributed by atoms with Crippen molar-refractivity contribution >= 4 is 10.2 Å². The van der Waals surface area contributed by atoms with Crippen molar-refractivity contribution in [3.63, 3.8) is 0 Å². The first-order valence-corrected chi connectivity index (χ1v) is 8.88. The molecular weight excluding hydrogens is 264 g/mol. The van der Waals surface area contributed by atoms with E-state index in [0.717, 1.165) is 44.9 Å². The molecule has 0 aliphatic carbocycles. The molecule has 2 aliphatic rings. The van der Waals surface area contributed by atoms with Gasteiger partial charge in [0.25, 0.3) is 10.2 Å². The lowest BCUT2D eigenvalue weighted by Crippen LogP contribution is -2.54. The van der Waals surface area contributed by atoms with Crippen LogP contribution in [0, 0.1) is 0 Å². The molecule has 0 saturated carbocycles. The zero-order valence-corrected chi connectivity index (χ0v) is 12.6. The lowest BCUT2D eigenvalue weighted by atomic mass is 10.0. The van der Waals surface area contributed by atoms with E-state index in [2.05, 4.69) is 0 Å². The predicted molar refractivity (Wildman–Crippen MR) is 75.0 cm³/mol. The standard InChI is InChI=1S/C13H26N2O3S/c1-12(16)13-8-4-7-11-15(13)19(17,18)14-9-5-2-3-6-10-14/h12-13,16H,2-11H2,1H3/t12-,13-/m1/s1. The number of rotatable bonds is 3. The maximum Gasteiger partial charge on any atom is 0.282 e. The Kier molecular flexibility index (Phi) is 5.22. The minimum atomic E-state index is -3.40. The van der Waals surface area contributed by atoms with Gasteiger partial charge in [-0.25, -0.2) is 0 Å². The summed E-state index contributed by atoms with van der Waals surface area (Å²) < 4.78 is 28.7. The van der Waals surface area contributed by atoms with E-state index in [1.807, 2.05) is 0 Å². The second-order valence-corrected chi connectivity index (χ2v) is 7.62. The monoisotopic (exact) mass is 290 g/mol. The van der Waals surface area contributed by atoms with Gasteiger partial charge < -0.3 is 5.11 Å². The molecule has 0 bridgehead atoms. The van der Waals surface area contributed by atoms with Crippen LogP contribution in [0.4, 0.5) is 0 Å². The molecule has 0 spiro atoms. The van der Waals surface area contributed by atoms with Gasteiger partial charge in [-0.3, -0.25) is 0 Å². The zero-order chi connectivity index (χ0) is 13.9. The molecule has 0 aromatic carbocycles. The van der Waals surface area contributed by atoms with Gasteiger partial charge in [-0.05, 0) is 32.6 Å².